The molecule has 69 heavy (non-hydrogen) atoms. The molecule has 0 amide bonds. The summed E-state index contributed by atoms with van der Waals surface area (Å²) in [7, 11) is 0. The first kappa shape index (κ1) is 40.1. The third kappa shape index (κ3) is 7.34. The molecule has 13 rings (SSSR count). The fraction of sp³-hybridized carbons (Fsp3) is 0. The lowest BCUT2D eigenvalue weighted by Crippen LogP contribution is -2.09. The Balaban J connectivity index is 0.841. The molecule has 0 aliphatic rings. The third-order valence-corrected chi connectivity index (χ3v) is 13.5. The van der Waals surface area contributed by atoms with Crippen LogP contribution in [0.5, 0.6) is 0 Å². The number of para-hydroxylation sites is 4. The number of anilines is 3. The molecule has 3 heteroatoms. The summed E-state index contributed by atoms with van der Waals surface area (Å²) < 4.78 is 12.9. The summed E-state index contributed by atoms with van der Waals surface area (Å²) in [4.78, 5) is 2.34. The lowest BCUT2D eigenvalue weighted by atomic mass is 9.97. The van der Waals surface area contributed by atoms with Gasteiger partial charge in [-0.3, -0.25) is 0 Å². The molecule has 2 heterocycles. The van der Waals surface area contributed by atoms with Gasteiger partial charge in [0.2, 0.25) is 0 Å². The molecular weight excluding hydrogens is 839 g/mol. The minimum Gasteiger partial charge on any atom is -0.455 e. The fourth-order valence-corrected chi connectivity index (χ4v) is 10.0. The lowest BCUT2D eigenvalue weighted by Gasteiger charge is -2.26. The van der Waals surface area contributed by atoms with E-state index in [9.17, 15) is 0 Å². The SMILES string of the molecule is c1ccc(-c2ccc(-c3ccc(N(c4ccc(-c5cccc(-c6cccc7c6oc6ccccc67)c5)cc4)c4ccc(-c5cccc(-c6cccc7c6oc6ccccc67)c5)cc4)cc3)cc2)cc1. The molecule has 2 aromatic heterocycles. The van der Waals surface area contributed by atoms with Gasteiger partial charge in [0.25, 0.3) is 0 Å². The second-order valence-corrected chi connectivity index (χ2v) is 17.6. The van der Waals surface area contributed by atoms with Crippen LogP contribution in [0.1, 0.15) is 0 Å². The number of benzene rings is 11. The highest BCUT2D eigenvalue weighted by Gasteiger charge is 2.17. The molecule has 0 N–H and O–H groups in total. The van der Waals surface area contributed by atoms with Crippen molar-refractivity contribution in [1.29, 1.82) is 0 Å². The van der Waals surface area contributed by atoms with Gasteiger partial charge in [-0.05, 0) is 116 Å². The normalized spacial score (nSPS) is 11.5. The maximum Gasteiger partial charge on any atom is 0.143 e. The Morgan fingerprint density at radius 1 is 0.217 bits per heavy atom. The van der Waals surface area contributed by atoms with Crippen LogP contribution in [0.2, 0.25) is 0 Å². The summed E-state index contributed by atoms with van der Waals surface area (Å²) in [6, 6.07) is 93.0. The van der Waals surface area contributed by atoms with Gasteiger partial charge in [0, 0.05) is 49.7 Å². The Morgan fingerprint density at radius 2 is 0.522 bits per heavy atom. The van der Waals surface area contributed by atoms with Crippen LogP contribution in [0.4, 0.5) is 17.1 Å². The topological polar surface area (TPSA) is 29.5 Å². The van der Waals surface area contributed by atoms with Gasteiger partial charge in [0.1, 0.15) is 22.3 Å². The van der Waals surface area contributed by atoms with E-state index < -0.39 is 0 Å². The molecule has 0 aliphatic carbocycles. The summed E-state index contributed by atoms with van der Waals surface area (Å²) in [6.45, 7) is 0. The largest absolute Gasteiger partial charge is 0.455 e. The van der Waals surface area contributed by atoms with Crippen molar-refractivity contribution in [2.24, 2.45) is 0 Å². The minimum atomic E-state index is 0.903. The number of hydrogen-bond donors (Lipinski definition) is 0. The number of fused-ring (bicyclic) bond motifs is 6. The molecular formula is C66H43NO2. The first-order valence-corrected chi connectivity index (χ1v) is 23.5. The zero-order valence-corrected chi connectivity index (χ0v) is 37.6. The summed E-state index contributed by atoms with van der Waals surface area (Å²) >= 11 is 0. The van der Waals surface area contributed by atoms with Crippen molar-refractivity contribution in [3.05, 3.63) is 261 Å². The number of rotatable bonds is 9. The molecule has 324 valence electrons. The first-order chi connectivity index (χ1) is 34.2. The predicted molar refractivity (Wildman–Crippen MR) is 288 cm³/mol. The van der Waals surface area contributed by atoms with Gasteiger partial charge in [-0.1, -0.05) is 200 Å². The van der Waals surface area contributed by atoms with E-state index in [4.69, 9.17) is 8.83 Å². The van der Waals surface area contributed by atoms with E-state index in [-0.39, 0.29) is 0 Å². The van der Waals surface area contributed by atoms with Gasteiger partial charge >= 0.3 is 0 Å². The average Bonchev–Trinajstić information content (AvgIpc) is 4.01. The van der Waals surface area contributed by atoms with Gasteiger partial charge in [0.05, 0.1) is 0 Å². The molecule has 0 spiro atoms. The van der Waals surface area contributed by atoms with Crippen LogP contribution in [0.3, 0.4) is 0 Å². The van der Waals surface area contributed by atoms with Crippen LogP contribution in [-0.2, 0) is 0 Å². The molecule has 0 radical (unpaired) electrons. The zero-order chi connectivity index (χ0) is 45.7. The van der Waals surface area contributed by atoms with Crippen LogP contribution in [0, 0.1) is 0 Å². The van der Waals surface area contributed by atoms with Crippen molar-refractivity contribution in [2.45, 2.75) is 0 Å². The zero-order valence-electron chi connectivity index (χ0n) is 37.6. The Bertz CT molecular complexity index is 3770. The first-order valence-electron chi connectivity index (χ1n) is 23.5. The Labute approximate surface area is 400 Å². The van der Waals surface area contributed by atoms with E-state index in [0.29, 0.717) is 0 Å². The summed E-state index contributed by atoms with van der Waals surface area (Å²) in [6.07, 6.45) is 0. The van der Waals surface area contributed by atoms with Gasteiger partial charge in [-0.15, -0.1) is 0 Å². The molecule has 0 atom stereocenters. The number of nitrogens with zero attached hydrogens (tertiary/aromatic N) is 1. The molecule has 3 nitrogen and oxygen atoms in total. The standard InChI is InChI=1S/C66H43NO2/c1-2-12-44(13-3-1)45-26-28-46(29-27-45)47-30-36-54(37-31-47)67(55-38-32-48(33-39-55)50-14-8-16-52(42-50)57-20-10-22-61-59-18-4-6-24-63(59)68-65(57)61)56-40-34-49(35-41-56)51-15-9-17-53(43-51)58-21-11-23-62-60-19-5-7-25-64(60)69-66(58)62/h1-43H. The molecule has 0 unspecified atom stereocenters. The van der Waals surface area contributed by atoms with Crippen LogP contribution in [-0.4, -0.2) is 0 Å². The smallest absolute Gasteiger partial charge is 0.143 e. The highest BCUT2D eigenvalue weighted by Crippen LogP contribution is 2.41. The van der Waals surface area contributed by atoms with Crippen LogP contribution >= 0.6 is 0 Å². The number of hydrogen-bond acceptors (Lipinski definition) is 3. The summed E-state index contributed by atoms with van der Waals surface area (Å²) in [5.74, 6) is 0. The molecule has 0 aliphatic heterocycles. The van der Waals surface area contributed by atoms with E-state index >= 15 is 0 Å². The Kier molecular flexibility index (Phi) is 9.84. The quantitative estimate of drug-likeness (QED) is 0.145. The van der Waals surface area contributed by atoms with Crippen molar-refractivity contribution in [3.63, 3.8) is 0 Å². The van der Waals surface area contributed by atoms with E-state index in [1.54, 1.807) is 0 Å². The third-order valence-electron chi connectivity index (χ3n) is 13.5. The van der Waals surface area contributed by atoms with Crippen molar-refractivity contribution in [3.8, 4) is 66.8 Å². The van der Waals surface area contributed by atoms with Crippen molar-refractivity contribution >= 4 is 60.9 Å². The van der Waals surface area contributed by atoms with Crippen LogP contribution in [0.25, 0.3) is 111 Å². The van der Waals surface area contributed by atoms with E-state index in [1.165, 1.54) is 22.3 Å². The van der Waals surface area contributed by atoms with Crippen molar-refractivity contribution in [2.75, 3.05) is 4.90 Å². The van der Waals surface area contributed by atoms with Gasteiger partial charge in [0.15, 0.2) is 0 Å². The van der Waals surface area contributed by atoms with Gasteiger partial charge in [-0.25, -0.2) is 0 Å². The second kappa shape index (κ2) is 16.9. The van der Waals surface area contributed by atoms with Crippen LogP contribution < -0.4 is 4.90 Å². The van der Waals surface area contributed by atoms with E-state index in [1.807, 2.05) is 24.3 Å². The Morgan fingerprint density at radius 3 is 0.957 bits per heavy atom. The molecule has 0 saturated carbocycles. The van der Waals surface area contributed by atoms with E-state index in [2.05, 4.69) is 241 Å². The fourth-order valence-electron chi connectivity index (χ4n) is 10.0. The molecule has 0 fully saturated rings. The summed E-state index contributed by atoms with van der Waals surface area (Å²) in [5, 5.41) is 4.53. The molecule has 0 saturated heterocycles. The molecule has 0 bridgehead atoms. The maximum atomic E-state index is 6.43. The van der Waals surface area contributed by atoms with Crippen molar-refractivity contribution in [1.82, 2.24) is 0 Å². The predicted octanol–water partition coefficient (Wildman–Crippen LogP) is 19.0. The summed E-state index contributed by atoms with van der Waals surface area (Å²) in [5.41, 5.74) is 20.6. The maximum absolute atomic E-state index is 6.43. The highest BCUT2D eigenvalue weighted by molar-refractivity contribution is 6.10. The minimum absolute atomic E-state index is 0.903. The monoisotopic (exact) mass is 881 g/mol. The second-order valence-electron chi connectivity index (χ2n) is 17.6. The average molecular weight is 882 g/mol. The van der Waals surface area contributed by atoms with Crippen molar-refractivity contribution < 1.29 is 8.83 Å². The van der Waals surface area contributed by atoms with Gasteiger partial charge in [-0.2, -0.15) is 0 Å². The molecule has 11 aromatic carbocycles. The van der Waals surface area contributed by atoms with Crippen LogP contribution in [0.15, 0.2) is 270 Å². The highest BCUT2D eigenvalue weighted by atomic mass is 16.3. The van der Waals surface area contributed by atoms with Gasteiger partial charge < -0.3 is 13.7 Å². The lowest BCUT2D eigenvalue weighted by molar-refractivity contribution is 0.669. The number of furan rings is 2. The molecule has 13 aromatic rings. The van der Waals surface area contributed by atoms with E-state index in [0.717, 1.165) is 105 Å². The Hall–Kier alpha value is -9.18.